The van der Waals surface area contributed by atoms with Crippen LogP contribution in [0.2, 0.25) is 0 Å². The van der Waals surface area contributed by atoms with Gasteiger partial charge in [0.2, 0.25) is 5.91 Å². The van der Waals surface area contributed by atoms with Crippen LogP contribution in [0.3, 0.4) is 0 Å². The molecule has 1 heterocycles. The lowest BCUT2D eigenvalue weighted by molar-refractivity contribution is -0.116. The number of carbonyl (C=O) groups is 1. The smallest absolute Gasteiger partial charge is 0.225 e. The Kier molecular flexibility index (Phi) is 6.26. The second-order valence-corrected chi connectivity index (χ2v) is 6.63. The zero-order valence-electron chi connectivity index (χ0n) is 15.8. The highest BCUT2D eigenvalue weighted by Crippen LogP contribution is 2.16. The van der Waals surface area contributed by atoms with Crippen molar-refractivity contribution in [2.45, 2.75) is 33.2 Å². The van der Waals surface area contributed by atoms with E-state index in [9.17, 15) is 4.79 Å². The molecule has 0 spiro atoms. The van der Waals surface area contributed by atoms with Gasteiger partial charge < -0.3 is 10.1 Å². The van der Waals surface area contributed by atoms with E-state index in [0.29, 0.717) is 31.8 Å². The lowest BCUT2D eigenvalue weighted by Gasteiger charge is -2.11. The first-order valence-corrected chi connectivity index (χ1v) is 9.17. The summed E-state index contributed by atoms with van der Waals surface area (Å²) < 4.78 is 7.54. The monoisotopic (exact) mass is 363 g/mol. The molecule has 140 valence electrons. The molecule has 1 N–H and O–H groups in total. The topological polar surface area (TPSA) is 56.2 Å². The highest BCUT2D eigenvalue weighted by atomic mass is 16.5. The Morgan fingerprint density at radius 3 is 2.78 bits per heavy atom. The number of para-hydroxylation sites is 1. The Hall–Kier alpha value is -3.08. The van der Waals surface area contributed by atoms with Crippen LogP contribution < -0.4 is 10.1 Å². The van der Waals surface area contributed by atoms with Gasteiger partial charge in [0.1, 0.15) is 11.6 Å². The number of nitrogens with zero attached hydrogens (tertiary/aromatic N) is 2. The van der Waals surface area contributed by atoms with E-state index in [-0.39, 0.29) is 5.91 Å². The van der Waals surface area contributed by atoms with E-state index in [4.69, 9.17) is 4.74 Å². The highest BCUT2D eigenvalue weighted by Gasteiger charge is 2.08. The van der Waals surface area contributed by atoms with Crippen LogP contribution in [0.5, 0.6) is 5.75 Å². The number of benzene rings is 2. The van der Waals surface area contributed by atoms with Crippen LogP contribution >= 0.6 is 0 Å². The second-order valence-electron chi connectivity index (χ2n) is 6.63. The Bertz CT molecular complexity index is 902. The number of anilines is 1. The number of ether oxygens (including phenoxy) is 1. The van der Waals surface area contributed by atoms with Crippen molar-refractivity contribution in [1.29, 1.82) is 0 Å². The fourth-order valence-corrected chi connectivity index (χ4v) is 2.89. The number of amides is 1. The number of rotatable bonds is 8. The van der Waals surface area contributed by atoms with Crippen LogP contribution in [-0.4, -0.2) is 22.3 Å². The minimum Gasteiger partial charge on any atom is -0.493 e. The maximum Gasteiger partial charge on any atom is 0.225 e. The molecular formula is C22H25N3O2. The average molecular weight is 363 g/mol. The molecule has 0 aliphatic heterocycles. The van der Waals surface area contributed by atoms with E-state index >= 15 is 0 Å². The molecule has 0 bridgehead atoms. The van der Waals surface area contributed by atoms with Crippen LogP contribution in [0.25, 0.3) is 0 Å². The van der Waals surface area contributed by atoms with Gasteiger partial charge in [0, 0.05) is 12.5 Å². The van der Waals surface area contributed by atoms with Crippen molar-refractivity contribution in [3.63, 3.8) is 0 Å². The molecule has 0 unspecified atom stereocenters. The van der Waals surface area contributed by atoms with Crippen LogP contribution in [-0.2, 0) is 11.3 Å². The summed E-state index contributed by atoms with van der Waals surface area (Å²) in [6.07, 6.45) is 2.76. The van der Waals surface area contributed by atoms with Crippen LogP contribution in [0.4, 0.5) is 5.82 Å². The van der Waals surface area contributed by atoms with Gasteiger partial charge in [0.15, 0.2) is 0 Å². The molecule has 1 aromatic heterocycles. The van der Waals surface area contributed by atoms with Gasteiger partial charge >= 0.3 is 0 Å². The number of nitrogens with one attached hydrogen (secondary N) is 1. The molecule has 27 heavy (non-hydrogen) atoms. The SMILES string of the molecule is Cc1cccc(Cn2nccc2NC(=O)CCCOc2ccccc2C)c1. The minimum absolute atomic E-state index is 0.0330. The standard InChI is InChI=1S/C22H25N3O2/c1-17-7-5-9-19(15-17)16-25-21(12-13-23-25)24-22(26)11-6-14-27-20-10-4-3-8-18(20)2/h3-5,7-10,12-13,15H,6,11,14,16H2,1-2H3,(H,24,26). The van der Waals surface area contributed by atoms with Gasteiger partial charge in [-0.1, -0.05) is 48.0 Å². The third-order valence-corrected chi connectivity index (χ3v) is 4.30. The van der Waals surface area contributed by atoms with Gasteiger partial charge in [0.05, 0.1) is 19.3 Å². The van der Waals surface area contributed by atoms with E-state index in [1.54, 1.807) is 10.9 Å². The van der Waals surface area contributed by atoms with E-state index in [0.717, 1.165) is 16.9 Å². The summed E-state index contributed by atoms with van der Waals surface area (Å²) in [6.45, 7) is 5.22. The first-order chi connectivity index (χ1) is 13.1. The number of aromatic nitrogens is 2. The van der Waals surface area contributed by atoms with Gasteiger partial charge in [-0.05, 0) is 37.5 Å². The quantitative estimate of drug-likeness (QED) is 0.606. The predicted octanol–water partition coefficient (Wildman–Crippen LogP) is 4.35. The third-order valence-electron chi connectivity index (χ3n) is 4.30. The average Bonchev–Trinajstić information content (AvgIpc) is 3.07. The summed E-state index contributed by atoms with van der Waals surface area (Å²) >= 11 is 0. The molecule has 5 heteroatoms. The molecule has 3 rings (SSSR count). The number of hydrogen-bond acceptors (Lipinski definition) is 3. The molecule has 0 saturated heterocycles. The van der Waals surface area contributed by atoms with Gasteiger partial charge in [0.25, 0.3) is 0 Å². The van der Waals surface area contributed by atoms with E-state index in [1.807, 2.05) is 43.3 Å². The van der Waals surface area contributed by atoms with Crippen molar-refractivity contribution in [3.05, 3.63) is 77.5 Å². The molecule has 0 saturated carbocycles. The van der Waals surface area contributed by atoms with Gasteiger partial charge in [-0.2, -0.15) is 5.10 Å². The molecular weight excluding hydrogens is 338 g/mol. The number of hydrogen-bond donors (Lipinski definition) is 1. The molecule has 2 aromatic carbocycles. The van der Waals surface area contributed by atoms with Crippen LogP contribution in [0, 0.1) is 13.8 Å². The molecule has 0 aliphatic rings. The highest BCUT2D eigenvalue weighted by molar-refractivity contribution is 5.89. The van der Waals surface area contributed by atoms with Crippen molar-refractivity contribution in [2.24, 2.45) is 0 Å². The first-order valence-electron chi connectivity index (χ1n) is 9.17. The van der Waals surface area contributed by atoms with Crippen LogP contribution in [0.1, 0.15) is 29.5 Å². The first kappa shape index (κ1) is 18.7. The van der Waals surface area contributed by atoms with Crippen molar-refractivity contribution in [1.82, 2.24) is 9.78 Å². The number of aryl methyl sites for hydroxylation is 2. The summed E-state index contributed by atoms with van der Waals surface area (Å²) in [4.78, 5) is 12.2. The lowest BCUT2D eigenvalue weighted by Crippen LogP contribution is -2.16. The molecule has 0 aliphatic carbocycles. The summed E-state index contributed by atoms with van der Waals surface area (Å²) in [6, 6.07) is 18.0. The van der Waals surface area contributed by atoms with Crippen molar-refractivity contribution >= 4 is 11.7 Å². The maximum atomic E-state index is 12.2. The van der Waals surface area contributed by atoms with E-state index < -0.39 is 0 Å². The van der Waals surface area contributed by atoms with Gasteiger partial charge in [-0.15, -0.1) is 0 Å². The maximum absolute atomic E-state index is 12.2. The van der Waals surface area contributed by atoms with Crippen LogP contribution in [0.15, 0.2) is 60.8 Å². The normalized spacial score (nSPS) is 10.6. The summed E-state index contributed by atoms with van der Waals surface area (Å²) in [5.74, 6) is 1.55. The Morgan fingerprint density at radius 1 is 1.11 bits per heavy atom. The van der Waals surface area contributed by atoms with Crippen molar-refractivity contribution in [2.75, 3.05) is 11.9 Å². The summed E-state index contributed by atoms with van der Waals surface area (Å²) in [5.41, 5.74) is 3.46. The van der Waals surface area contributed by atoms with Gasteiger partial charge in [-0.3, -0.25) is 4.79 Å². The minimum atomic E-state index is -0.0330. The fourth-order valence-electron chi connectivity index (χ4n) is 2.89. The zero-order chi connectivity index (χ0) is 19.1. The predicted molar refractivity (Wildman–Crippen MR) is 107 cm³/mol. The van der Waals surface area contributed by atoms with Gasteiger partial charge in [-0.25, -0.2) is 4.68 Å². The lowest BCUT2D eigenvalue weighted by atomic mass is 10.1. The Labute approximate surface area is 160 Å². The number of carbonyl (C=O) groups excluding carboxylic acids is 1. The molecule has 0 atom stereocenters. The molecule has 0 fully saturated rings. The zero-order valence-corrected chi connectivity index (χ0v) is 15.8. The molecule has 1 amide bonds. The fraction of sp³-hybridized carbons (Fsp3) is 0.273. The Morgan fingerprint density at radius 2 is 1.96 bits per heavy atom. The second kappa shape index (κ2) is 9.03. The molecule has 5 nitrogen and oxygen atoms in total. The van der Waals surface area contributed by atoms with Crippen molar-refractivity contribution in [3.8, 4) is 5.75 Å². The molecule has 3 aromatic rings. The largest absolute Gasteiger partial charge is 0.493 e. The van der Waals surface area contributed by atoms with Crippen molar-refractivity contribution < 1.29 is 9.53 Å². The Balaban J connectivity index is 1.47. The summed E-state index contributed by atoms with van der Waals surface area (Å²) in [5, 5.41) is 7.26. The van der Waals surface area contributed by atoms with E-state index in [2.05, 4.69) is 35.5 Å². The third kappa shape index (κ3) is 5.45. The van der Waals surface area contributed by atoms with E-state index in [1.165, 1.54) is 5.56 Å². The molecule has 0 radical (unpaired) electrons. The summed E-state index contributed by atoms with van der Waals surface area (Å²) in [7, 11) is 0.